The molecule has 1 atom stereocenters. The Morgan fingerprint density at radius 3 is 2.71 bits per heavy atom. The van der Waals surface area contributed by atoms with E-state index < -0.39 is 21.1 Å². The van der Waals surface area contributed by atoms with Gasteiger partial charge in [0.2, 0.25) is 10.0 Å². The first-order valence-corrected chi connectivity index (χ1v) is 7.11. The second-order valence-corrected chi connectivity index (χ2v) is 6.02. The number of rotatable bonds is 4. The first-order chi connectivity index (χ1) is 7.90. The van der Waals surface area contributed by atoms with Gasteiger partial charge in [0.1, 0.15) is 5.82 Å². The van der Waals surface area contributed by atoms with Gasteiger partial charge in [-0.2, -0.15) is 5.26 Å². The summed E-state index contributed by atoms with van der Waals surface area (Å²) in [4.78, 5) is 0. The molecule has 1 rings (SSSR count). The summed E-state index contributed by atoms with van der Waals surface area (Å²) in [5.41, 5.74) is 0.0967. The standard InChI is InChI=1S/C10H10BrFN2O2S/c1-2-8(6-13)17(15,16)14-7-3-4-9(11)10(12)5-7/h3-5,8,14H,2H2,1H3. The van der Waals surface area contributed by atoms with Crippen molar-refractivity contribution in [2.75, 3.05) is 4.72 Å². The van der Waals surface area contributed by atoms with Crippen LogP contribution in [0.25, 0.3) is 0 Å². The number of nitrogens with zero attached hydrogens (tertiary/aromatic N) is 1. The van der Waals surface area contributed by atoms with Gasteiger partial charge in [-0.25, -0.2) is 12.8 Å². The van der Waals surface area contributed by atoms with Gasteiger partial charge in [0, 0.05) is 0 Å². The number of sulfonamides is 1. The lowest BCUT2D eigenvalue weighted by atomic mass is 10.3. The van der Waals surface area contributed by atoms with Crippen LogP contribution in [0, 0.1) is 17.1 Å². The Balaban J connectivity index is 2.99. The minimum Gasteiger partial charge on any atom is -0.282 e. The van der Waals surface area contributed by atoms with Crippen LogP contribution >= 0.6 is 15.9 Å². The molecule has 0 amide bonds. The largest absolute Gasteiger partial charge is 0.282 e. The summed E-state index contributed by atoms with van der Waals surface area (Å²) in [5.74, 6) is -0.574. The van der Waals surface area contributed by atoms with Crippen molar-refractivity contribution in [3.8, 4) is 6.07 Å². The number of benzene rings is 1. The lowest BCUT2D eigenvalue weighted by Gasteiger charge is -2.11. The van der Waals surface area contributed by atoms with Gasteiger partial charge < -0.3 is 0 Å². The molecule has 0 heterocycles. The maximum absolute atomic E-state index is 13.2. The van der Waals surface area contributed by atoms with E-state index in [0.29, 0.717) is 0 Å². The van der Waals surface area contributed by atoms with Crippen molar-refractivity contribution in [1.29, 1.82) is 5.26 Å². The normalized spacial score (nSPS) is 12.8. The number of anilines is 1. The van der Waals surface area contributed by atoms with Crippen LogP contribution in [0.2, 0.25) is 0 Å². The molecule has 1 aromatic carbocycles. The molecule has 0 aliphatic heterocycles. The summed E-state index contributed by atoms with van der Waals surface area (Å²) < 4.78 is 39.0. The van der Waals surface area contributed by atoms with Gasteiger partial charge in [0.05, 0.1) is 16.2 Å². The van der Waals surface area contributed by atoms with Crippen LogP contribution in [0.3, 0.4) is 0 Å². The lowest BCUT2D eigenvalue weighted by molar-refractivity contribution is 0.592. The van der Waals surface area contributed by atoms with Crippen molar-refractivity contribution in [2.24, 2.45) is 0 Å². The van der Waals surface area contributed by atoms with Gasteiger partial charge in [-0.1, -0.05) is 6.92 Å². The van der Waals surface area contributed by atoms with E-state index in [0.717, 1.165) is 6.07 Å². The fourth-order valence-electron chi connectivity index (χ4n) is 1.18. The van der Waals surface area contributed by atoms with Crippen molar-refractivity contribution in [3.05, 3.63) is 28.5 Å². The van der Waals surface area contributed by atoms with E-state index in [4.69, 9.17) is 5.26 Å². The smallest absolute Gasteiger partial charge is 0.249 e. The zero-order valence-corrected chi connectivity index (χ0v) is 11.3. The molecule has 0 bridgehead atoms. The Bertz CT molecular complexity index is 554. The Morgan fingerprint density at radius 2 is 2.24 bits per heavy atom. The third-order valence-electron chi connectivity index (χ3n) is 2.07. The van der Waals surface area contributed by atoms with Crippen LogP contribution in [0.5, 0.6) is 0 Å². The van der Waals surface area contributed by atoms with Crippen LogP contribution in [-0.4, -0.2) is 13.7 Å². The minimum atomic E-state index is -3.80. The van der Waals surface area contributed by atoms with Gasteiger partial charge in [-0.05, 0) is 40.5 Å². The van der Waals surface area contributed by atoms with E-state index in [-0.39, 0.29) is 16.6 Å². The molecule has 0 saturated heterocycles. The fraction of sp³-hybridized carbons (Fsp3) is 0.300. The van der Waals surface area contributed by atoms with Crippen molar-refractivity contribution in [1.82, 2.24) is 0 Å². The first kappa shape index (κ1) is 13.9. The second kappa shape index (κ2) is 5.47. The molecule has 0 aliphatic rings. The molecule has 0 saturated carbocycles. The van der Waals surface area contributed by atoms with E-state index in [2.05, 4.69) is 20.7 Å². The predicted octanol–water partition coefficient (Wildman–Crippen LogP) is 2.63. The molecule has 7 heteroatoms. The predicted molar refractivity (Wildman–Crippen MR) is 66.3 cm³/mol. The van der Waals surface area contributed by atoms with E-state index in [1.54, 1.807) is 13.0 Å². The first-order valence-electron chi connectivity index (χ1n) is 4.77. The molecular weight excluding hydrogens is 311 g/mol. The summed E-state index contributed by atoms with van der Waals surface area (Å²) in [6, 6.07) is 5.53. The highest BCUT2D eigenvalue weighted by molar-refractivity contribution is 9.10. The van der Waals surface area contributed by atoms with Gasteiger partial charge >= 0.3 is 0 Å². The molecule has 1 unspecified atom stereocenters. The number of hydrogen-bond acceptors (Lipinski definition) is 3. The van der Waals surface area contributed by atoms with Crippen molar-refractivity contribution >= 4 is 31.6 Å². The summed E-state index contributed by atoms with van der Waals surface area (Å²) in [5, 5.41) is 7.54. The third kappa shape index (κ3) is 3.41. The Labute approximate surface area is 108 Å². The molecule has 0 radical (unpaired) electrons. The minimum absolute atomic E-state index is 0.0967. The molecule has 0 aromatic heterocycles. The van der Waals surface area contributed by atoms with E-state index in [1.807, 2.05) is 0 Å². The van der Waals surface area contributed by atoms with E-state index in [9.17, 15) is 12.8 Å². The molecule has 0 aliphatic carbocycles. The summed E-state index contributed by atoms with van der Waals surface area (Å²) in [6.45, 7) is 1.59. The molecule has 1 aromatic rings. The second-order valence-electron chi connectivity index (χ2n) is 3.30. The zero-order valence-electron chi connectivity index (χ0n) is 8.94. The van der Waals surface area contributed by atoms with Crippen molar-refractivity contribution in [2.45, 2.75) is 18.6 Å². The third-order valence-corrected chi connectivity index (χ3v) is 4.42. The maximum Gasteiger partial charge on any atom is 0.249 e. The zero-order chi connectivity index (χ0) is 13.1. The molecule has 0 spiro atoms. The quantitative estimate of drug-likeness (QED) is 0.927. The molecule has 4 nitrogen and oxygen atoms in total. The highest BCUT2D eigenvalue weighted by Gasteiger charge is 2.23. The lowest BCUT2D eigenvalue weighted by Crippen LogP contribution is -2.25. The molecule has 17 heavy (non-hydrogen) atoms. The van der Waals surface area contributed by atoms with Crippen LogP contribution in [0.1, 0.15) is 13.3 Å². The van der Waals surface area contributed by atoms with Crippen LogP contribution in [0.15, 0.2) is 22.7 Å². The summed E-state index contributed by atoms with van der Waals surface area (Å²) in [7, 11) is -3.80. The van der Waals surface area contributed by atoms with Crippen LogP contribution < -0.4 is 4.72 Å². The average molecular weight is 321 g/mol. The van der Waals surface area contributed by atoms with Gasteiger partial charge in [-0.15, -0.1) is 0 Å². The van der Waals surface area contributed by atoms with E-state index in [1.165, 1.54) is 12.1 Å². The number of nitriles is 1. The monoisotopic (exact) mass is 320 g/mol. The Hall–Kier alpha value is -1.13. The fourth-order valence-corrected chi connectivity index (χ4v) is 2.60. The summed E-state index contributed by atoms with van der Waals surface area (Å²) >= 11 is 2.96. The number of hydrogen-bond donors (Lipinski definition) is 1. The highest BCUT2D eigenvalue weighted by Crippen LogP contribution is 2.21. The Morgan fingerprint density at radius 1 is 1.59 bits per heavy atom. The number of nitrogens with one attached hydrogen (secondary N) is 1. The highest BCUT2D eigenvalue weighted by atomic mass is 79.9. The Kier molecular flexibility index (Phi) is 4.48. The molecule has 92 valence electrons. The van der Waals surface area contributed by atoms with Crippen LogP contribution in [-0.2, 0) is 10.0 Å². The SMILES string of the molecule is CCC(C#N)S(=O)(=O)Nc1ccc(Br)c(F)c1. The molecular formula is C10H10BrFN2O2S. The van der Waals surface area contributed by atoms with Crippen molar-refractivity contribution in [3.63, 3.8) is 0 Å². The van der Waals surface area contributed by atoms with Gasteiger partial charge in [0.25, 0.3) is 0 Å². The van der Waals surface area contributed by atoms with Gasteiger partial charge in [0.15, 0.2) is 5.25 Å². The van der Waals surface area contributed by atoms with E-state index >= 15 is 0 Å². The van der Waals surface area contributed by atoms with Crippen molar-refractivity contribution < 1.29 is 12.8 Å². The molecule has 1 N–H and O–H groups in total. The summed E-state index contributed by atoms with van der Waals surface area (Å²) in [6.07, 6.45) is 0.171. The number of halogens is 2. The molecule has 0 fully saturated rings. The van der Waals surface area contributed by atoms with Gasteiger partial charge in [-0.3, -0.25) is 4.72 Å². The maximum atomic E-state index is 13.2. The topological polar surface area (TPSA) is 70.0 Å². The van der Waals surface area contributed by atoms with Crippen LogP contribution in [0.4, 0.5) is 10.1 Å². The average Bonchev–Trinajstić information content (AvgIpc) is 2.24.